The van der Waals surface area contributed by atoms with Gasteiger partial charge in [-0.2, -0.15) is 0 Å². The van der Waals surface area contributed by atoms with E-state index in [1.54, 1.807) is 0 Å². The zero-order chi connectivity index (χ0) is 14.4. The molecule has 1 amide bonds. The topological polar surface area (TPSA) is 58.4 Å². The van der Waals surface area contributed by atoms with E-state index in [-0.39, 0.29) is 11.3 Å². The minimum absolute atomic E-state index is 0.233. The van der Waals surface area contributed by atoms with Gasteiger partial charge in [-0.3, -0.25) is 4.79 Å². The lowest BCUT2D eigenvalue weighted by atomic mass is 9.79. The summed E-state index contributed by atoms with van der Waals surface area (Å²) in [7, 11) is 0. The van der Waals surface area contributed by atoms with Crippen LogP contribution in [0, 0.1) is 5.41 Å². The maximum Gasteiger partial charge on any atom is 0.227 e. The lowest BCUT2D eigenvalue weighted by Crippen LogP contribution is -2.51. The van der Waals surface area contributed by atoms with Gasteiger partial charge < -0.3 is 16.0 Å². The predicted molar refractivity (Wildman–Crippen MR) is 82.5 cm³/mol. The van der Waals surface area contributed by atoms with Gasteiger partial charge in [-0.25, -0.2) is 0 Å². The second-order valence-corrected chi connectivity index (χ2v) is 6.58. The molecule has 4 heteroatoms. The zero-order valence-corrected chi connectivity index (χ0v) is 13.0. The van der Waals surface area contributed by atoms with Crippen LogP contribution in [-0.2, 0) is 4.79 Å². The molecule has 0 aromatic heterocycles. The van der Waals surface area contributed by atoms with Gasteiger partial charge in [-0.05, 0) is 32.2 Å². The molecule has 0 radical (unpaired) electrons. The second kappa shape index (κ2) is 7.41. The lowest BCUT2D eigenvalue weighted by molar-refractivity contribution is -0.132. The predicted octanol–water partition coefficient (Wildman–Crippen LogP) is 1.89. The van der Waals surface area contributed by atoms with Crippen LogP contribution in [0.2, 0.25) is 0 Å². The molecule has 1 aliphatic heterocycles. The van der Waals surface area contributed by atoms with Crippen molar-refractivity contribution in [3.8, 4) is 0 Å². The quantitative estimate of drug-likeness (QED) is 0.774. The van der Waals surface area contributed by atoms with Crippen LogP contribution in [0.5, 0.6) is 0 Å². The van der Waals surface area contributed by atoms with Crippen LogP contribution < -0.4 is 11.1 Å². The van der Waals surface area contributed by atoms with Crippen LogP contribution in [0.25, 0.3) is 0 Å². The smallest absolute Gasteiger partial charge is 0.227 e. The largest absolute Gasteiger partial charge is 0.353 e. The molecule has 1 heterocycles. The fourth-order valence-corrected chi connectivity index (χ4v) is 3.66. The zero-order valence-electron chi connectivity index (χ0n) is 13.0. The summed E-state index contributed by atoms with van der Waals surface area (Å²) >= 11 is 0. The highest BCUT2D eigenvalue weighted by Crippen LogP contribution is 2.34. The minimum atomic E-state index is -0.279. The first-order chi connectivity index (χ1) is 9.70. The van der Waals surface area contributed by atoms with Crippen molar-refractivity contribution in [3.63, 3.8) is 0 Å². The van der Waals surface area contributed by atoms with E-state index in [1.165, 1.54) is 12.8 Å². The number of nitrogens with one attached hydrogen (secondary N) is 1. The summed E-state index contributed by atoms with van der Waals surface area (Å²) in [6, 6.07) is 0.358. The van der Waals surface area contributed by atoms with Gasteiger partial charge >= 0.3 is 0 Å². The molecule has 0 unspecified atom stereocenters. The highest BCUT2D eigenvalue weighted by atomic mass is 16.2. The van der Waals surface area contributed by atoms with Gasteiger partial charge in [0.25, 0.3) is 0 Å². The molecule has 0 spiro atoms. The summed E-state index contributed by atoms with van der Waals surface area (Å²) in [6.45, 7) is 6.04. The monoisotopic (exact) mass is 281 g/mol. The molecule has 0 aromatic rings. The molecular formula is C16H31N3O. The number of carbonyl (C=O) groups is 1. The van der Waals surface area contributed by atoms with Crippen LogP contribution in [0.4, 0.5) is 0 Å². The summed E-state index contributed by atoms with van der Waals surface area (Å²) in [4.78, 5) is 15.2. The van der Waals surface area contributed by atoms with Crippen LogP contribution in [0.15, 0.2) is 0 Å². The van der Waals surface area contributed by atoms with E-state index >= 15 is 0 Å². The Labute approximate surface area is 123 Å². The van der Waals surface area contributed by atoms with E-state index in [4.69, 9.17) is 5.73 Å². The summed E-state index contributed by atoms with van der Waals surface area (Å²) in [5, 5.41) is 3.31. The van der Waals surface area contributed by atoms with Gasteiger partial charge in [-0.15, -0.1) is 0 Å². The average Bonchev–Trinajstić information content (AvgIpc) is 2.74. The molecule has 0 aromatic carbocycles. The molecule has 0 atom stereocenters. The van der Waals surface area contributed by atoms with E-state index in [1.807, 2.05) is 0 Å². The molecule has 0 bridgehead atoms. The molecule has 1 saturated heterocycles. The first kappa shape index (κ1) is 15.8. The Morgan fingerprint density at radius 3 is 2.30 bits per heavy atom. The van der Waals surface area contributed by atoms with Crippen LogP contribution in [-0.4, -0.2) is 43.0 Å². The van der Waals surface area contributed by atoms with Gasteiger partial charge in [0.1, 0.15) is 0 Å². The van der Waals surface area contributed by atoms with Gasteiger partial charge in [0.2, 0.25) is 5.91 Å². The van der Waals surface area contributed by atoms with Gasteiger partial charge in [0, 0.05) is 25.7 Å². The lowest BCUT2D eigenvalue weighted by Gasteiger charge is -2.35. The number of nitrogens with zero attached hydrogens (tertiary/aromatic N) is 1. The fraction of sp³-hybridized carbons (Fsp3) is 0.938. The van der Waals surface area contributed by atoms with Crippen molar-refractivity contribution < 1.29 is 4.79 Å². The molecule has 20 heavy (non-hydrogen) atoms. The first-order valence-corrected chi connectivity index (χ1v) is 8.43. The maximum absolute atomic E-state index is 12.7. The Hall–Kier alpha value is -0.610. The number of carbonyl (C=O) groups excluding carboxylic acids is 1. The fourth-order valence-electron chi connectivity index (χ4n) is 3.66. The van der Waals surface area contributed by atoms with Crippen molar-refractivity contribution in [1.29, 1.82) is 0 Å². The number of likely N-dealkylation sites (tertiary alicyclic amines) is 1. The highest BCUT2D eigenvalue weighted by molar-refractivity contribution is 5.83. The summed E-state index contributed by atoms with van der Waals surface area (Å²) in [5.74, 6) is 0.233. The third kappa shape index (κ3) is 3.73. The van der Waals surface area contributed by atoms with Crippen molar-refractivity contribution in [3.05, 3.63) is 0 Å². The van der Waals surface area contributed by atoms with Crippen molar-refractivity contribution in [2.24, 2.45) is 11.1 Å². The molecule has 2 fully saturated rings. The number of hydrogen-bond acceptors (Lipinski definition) is 3. The Balaban J connectivity index is 1.89. The van der Waals surface area contributed by atoms with E-state index in [0.29, 0.717) is 12.6 Å². The van der Waals surface area contributed by atoms with Gasteiger partial charge in [0.15, 0.2) is 0 Å². The van der Waals surface area contributed by atoms with Crippen LogP contribution in [0.3, 0.4) is 0 Å². The Morgan fingerprint density at radius 2 is 1.80 bits per heavy atom. The molecule has 4 nitrogen and oxygen atoms in total. The van der Waals surface area contributed by atoms with Crippen molar-refractivity contribution in [2.45, 2.75) is 64.3 Å². The number of hydrogen-bond donors (Lipinski definition) is 2. The number of rotatable bonds is 4. The van der Waals surface area contributed by atoms with E-state index < -0.39 is 0 Å². The maximum atomic E-state index is 12.7. The Bertz CT molecular complexity index is 303. The summed E-state index contributed by atoms with van der Waals surface area (Å²) < 4.78 is 0. The van der Waals surface area contributed by atoms with Crippen LogP contribution >= 0.6 is 0 Å². The Kier molecular flexibility index (Phi) is 5.85. The number of piperidine rings is 1. The molecule has 1 saturated carbocycles. The minimum Gasteiger partial charge on any atom is -0.353 e. The first-order valence-electron chi connectivity index (χ1n) is 8.43. The van der Waals surface area contributed by atoms with Crippen LogP contribution in [0.1, 0.15) is 58.3 Å². The molecule has 116 valence electrons. The third-order valence-corrected chi connectivity index (χ3v) is 5.30. The van der Waals surface area contributed by atoms with Crippen molar-refractivity contribution >= 4 is 5.91 Å². The number of amides is 1. The summed E-state index contributed by atoms with van der Waals surface area (Å²) in [5.41, 5.74) is 5.71. The molecular weight excluding hydrogens is 250 g/mol. The SMILES string of the molecule is CCN1CCC(NC(=O)C2(CN)CCCCCC2)CC1. The molecule has 1 aliphatic carbocycles. The highest BCUT2D eigenvalue weighted by Gasteiger charge is 2.38. The third-order valence-electron chi connectivity index (χ3n) is 5.30. The van der Waals surface area contributed by atoms with Gasteiger partial charge in [-0.1, -0.05) is 32.6 Å². The second-order valence-electron chi connectivity index (χ2n) is 6.58. The summed E-state index contributed by atoms with van der Waals surface area (Å²) in [6.07, 6.45) is 8.93. The van der Waals surface area contributed by atoms with E-state index in [9.17, 15) is 4.79 Å². The normalized spacial score (nSPS) is 25.1. The van der Waals surface area contributed by atoms with Gasteiger partial charge in [0.05, 0.1) is 5.41 Å². The van der Waals surface area contributed by atoms with E-state index in [2.05, 4.69) is 17.1 Å². The van der Waals surface area contributed by atoms with E-state index in [0.717, 1.165) is 58.2 Å². The molecule has 2 rings (SSSR count). The molecule has 3 N–H and O–H groups in total. The average molecular weight is 281 g/mol. The van der Waals surface area contributed by atoms with Crippen molar-refractivity contribution in [1.82, 2.24) is 10.2 Å². The van der Waals surface area contributed by atoms with Crippen molar-refractivity contribution in [2.75, 3.05) is 26.2 Å². The Morgan fingerprint density at radius 1 is 1.20 bits per heavy atom. The standard InChI is InChI=1S/C16H31N3O/c1-2-19-11-7-14(8-12-19)18-15(20)16(13-17)9-5-3-4-6-10-16/h14H,2-13,17H2,1H3,(H,18,20). The molecule has 2 aliphatic rings. The number of nitrogens with two attached hydrogens (primary N) is 1.